The Morgan fingerprint density at radius 2 is 1.95 bits per heavy atom. The van der Waals surface area contributed by atoms with E-state index in [1.165, 1.54) is 6.07 Å². The van der Waals surface area contributed by atoms with Gasteiger partial charge in [-0.3, -0.25) is 10.1 Å². The summed E-state index contributed by atoms with van der Waals surface area (Å²) in [7, 11) is 0. The number of anilines is 1. The van der Waals surface area contributed by atoms with Crippen molar-refractivity contribution in [2.24, 2.45) is 0 Å². The molecule has 2 aromatic rings. The number of para-hydroxylation sites is 2. The summed E-state index contributed by atoms with van der Waals surface area (Å²) in [6.07, 6.45) is 0. The van der Waals surface area contributed by atoms with Crippen molar-refractivity contribution in [3.05, 3.63) is 63.7 Å². The van der Waals surface area contributed by atoms with Crippen molar-refractivity contribution >= 4 is 11.4 Å². The predicted octanol–water partition coefficient (Wildman–Crippen LogP) is 3.91. The van der Waals surface area contributed by atoms with Gasteiger partial charge < -0.3 is 10.1 Å². The van der Waals surface area contributed by atoms with Crippen LogP contribution in [0.5, 0.6) is 5.75 Å². The fraction of sp³-hybridized carbons (Fsp3) is 0.250. The molecular formula is C16H18N2O3. The van der Waals surface area contributed by atoms with Crippen LogP contribution in [0.1, 0.15) is 18.1 Å². The Kier molecular flexibility index (Phi) is 4.77. The van der Waals surface area contributed by atoms with Gasteiger partial charge >= 0.3 is 0 Å². The van der Waals surface area contributed by atoms with Crippen molar-refractivity contribution in [3.63, 3.8) is 0 Å². The number of benzene rings is 2. The number of ether oxygens (including phenoxy) is 1. The van der Waals surface area contributed by atoms with E-state index in [4.69, 9.17) is 4.74 Å². The third kappa shape index (κ3) is 3.51. The Hall–Kier alpha value is -2.56. The van der Waals surface area contributed by atoms with Gasteiger partial charge in [0.15, 0.2) is 0 Å². The Balaban J connectivity index is 2.25. The molecule has 0 bridgehead atoms. The van der Waals surface area contributed by atoms with E-state index < -0.39 is 0 Å². The van der Waals surface area contributed by atoms with E-state index in [-0.39, 0.29) is 17.2 Å². The summed E-state index contributed by atoms with van der Waals surface area (Å²) >= 11 is 0. The molecule has 0 unspecified atom stereocenters. The summed E-state index contributed by atoms with van der Waals surface area (Å²) in [5, 5.41) is 14.2. The van der Waals surface area contributed by atoms with Crippen LogP contribution in [0.25, 0.3) is 0 Å². The van der Waals surface area contributed by atoms with Crippen LogP contribution in [0.15, 0.2) is 42.5 Å². The molecule has 0 radical (unpaired) electrons. The Morgan fingerprint density at radius 3 is 2.62 bits per heavy atom. The molecule has 0 heterocycles. The number of hydrogen-bond acceptors (Lipinski definition) is 4. The number of hydrogen-bond donors (Lipinski definition) is 1. The molecular weight excluding hydrogens is 268 g/mol. The maximum absolute atomic E-state index is 11.1. The Bertz CT molecular complexity index is 641. The Labute approximate surface area is 123 Å². The first kappa shape index (κ1) is 14.8. The third-order valence-electron chi connectivity index (χ3n) is 3.16. The molecule has 110 valence electrons. The van der Waals surface area contributed by atoms with E-state index >= 15 is 0 Å². The first-order chi connectivity index (χ1) is 10.1. The molecule has 5 heteroatoms. The van der Waals surface area contributed by atoms with Crippen molar-refractivity contribution in [2.45, 2.75) is 20.5 Å². The molecule has 0 amide bonds. The van der Waals surface area contributed by atoms with E-state index in [0.29, 0.717) is 12.2 Å². The summed E-state index contributed by atoms with van der Waals surface area (Å²) < 4.78 is 5.78. The second kappa shape index (κ2) is 6.74. The standard InChI is InChI=1S/C16H18N2O3/c1-3-17-16-13(8-6-9-14(16)18(19)20)11-21-15-10-5-4-7-12(15)2/h4-10,17H,3,11H2,1-2H3. The summed E-state index contributed by atoms with van der Waals surface area (Å²) in [5.74, 6) is 0.784. The largest absolute Gasteiger partial charge is 0.489 e. The molecule has 1 N–H and O–H groups in total. The average Bonchev–Trinajstić information content (AvgIpc) is 2.47. The maximum atomic E-state index is 11.1. The van der Waals surface area contributed by atoms with E-state index in [0.717, 1.165) is 16.9 Å². The monoisotopic (exact) mass is 286 g/mol. The summed E-state index contributed by atoms with van der Waals surface area (Å²) in [6, 6.07) is 12.7. The van der Waals surface area contributed by atoms with Gasteiger partial charge in [0.2, 0.25) is 0 Å². The fourth-order valence-corrected chi connectivity index (χ4v) is 2.11. The topological polar surface area (TPSA) is 64.4 Å². The molecule has 0 saturated heterocycles. The van der Waals surface area contributed by atoms with Crippen LogP contribution in [0.2, 0.25) is 0 Å². The number of nitrogens with one attached hydrogen (secondary N) is 1. The lowest BCUT2D eigenvalue weighted by Crippen LogP contribution is -2.07. The minimum atomic E-state index is -0.380. The lowest BCUT2D eigenvalue weighted by molar-refractivity contribution is -0.384. The van der Waals surface area contributed by atoms with Gasteiger partial charge in [-0.1, -0.05) is 30.3 Å². The maximum Gasteiger partial charge on any atom is 0.292 e. The lowest BCUT2D eigenvalue weighted by Gasteiger charge is -2.13. The van der Waals surface area contributed by atoms with Crippen molar-refractivity contribution < 1.29 is 9.66 Å². The van der Waals surface area contributed by atoms with Gasteiger partial charge in [-0.15, -0.1) is 0 Å². The van der Waals surface area contributed by atoms with Crippen molar-refractivity contribution in [3.8, 4) is 5.75 Å². The molecule has 5 nitrogen and oxygen atoms in total. The predicted molar refractivity (Wildman–Crippen MR) is 82.8 cm³/mol. The first-order valence-electron chi connectivity index (χ1n) is 6.82. The van der Waals surface area contributed by atoms with E-state index in [9.17, 15) is 10.1 Å². The minimum Gasteiger partial charge on any atom is -0.489 e. The van der Waals surface area contributed by atoms with Crippen LogP contribution in [0, 0.1) is 17.0 Å². The van der Waals surface area contributed by atoms with Crippen LogP contribution >= 0.6 is 0 Å². The lowest BCUT2D eigenvalue weighted by atomic mass is 10.1. The van der Waals surface area contributed by atoms with Crippen molar-refractivity contribution in [2.75, 3.05) is 11.9 Å². The van der Waals surface area contributed by atoms with Gasteiger partial charge in [0.25, 0.3) is 5.69 Å². The van der Waals surface area contributed by atoms with E-state index in [1.807, 2.05) is 44.2 Å². The highest BCUT2D eigenvalue weighted by Crippen LogP contribution is 2.29. The third-order valence-corrected chi connectivity index (χ3v) is 3.16. The molecule has 0 atom stereocenters. The quantitative estimate of drug-likeness (QED) is 0.646. The second-order valence-corrected chi connectivity index (χ2v) is 4.65. The van der Waals surface area contributed by atoms with Crippen LogP contribution in [0.4, 0.5) is 11.4 Å². The summed E-state index contributed by atoms with van der Waals surface area (Å²) in [5.41, 5.74) is 2.41. The molecule has 0 saturated carbocycles. The molecule has 0 aliphatic rings. The van der Waals surface area contributed by atoms with Gasteiger partial charge in [0, 0.05) is 18.2 Å². The number of nitro groups is 1. The van der Waals surface area contributed by atoms with Gasteiger partial charge in [-0.25, -0.2) is 0 Å². The highest BCUT2D eigenvalue weighted by atomic mass is 16.6. The number of rotatable bonds is 6. The zero-order chi connectivity index (χ0) is 15.2. The van der Waals surface area contributed by atoms with Crippen molar-refractivity contribution in [1.29, 1.82) is 0 Å². The van der Waals surface area contributed by atoms with Gasteiger partial charge in [0.05, 0.1) is 4.92 Å². The number of nitro benzene ring substituents is 1. The number of nitrogens with zero attached hydrogens (tertiary/aromatic N) is 1. The molecule has 2 rings (SSSR count). The zero-order valence-electron chi connectivity index (χ0n) is 12.1. The van der Waals surface area contributed by atoms with Gasteiger partial charge in [0.1, 0.15) is 18.0 Å². The highest BCUT2D eigenvalue weighted by Gasteiger charge is 2.17. The molecule has 0 aliphatic carbocycles. The molecule has 0 aliphatic heterocycles. The van der Waals surface area contributed by atoms with Gasteiger partial charge in [-0.2, -0.15) is 0 Å². The molecule has 2 aromatic carbocycles. The summed E-state index contributed by atoms with van der Waals surface area (Å²) in [6.45, 7) is 4.77. The van der Waals surface area contributed by atoms with E-state index in [1.54, 1.807) is 6.07 Å². The number of aryl methyl sites for hydroxylation is 1. The second-order valence-electron chi connectivity index (χ2n) is 4.65. The normalized spacial score (nSPS) is 10.2. The fourth-order valence-electron chi connectivity index (χ4n) is 2.11. The Morgan fingerprint density at radius 1 is 1.19 bits per heavy atom. The minimum absolute atomic E-state index is 0.0720. The van der Waals surface area contributed by atoms with E-state index in [2.05, 4.69) is 5.32 Å². The summed E-state index contributed by atoms with van der Waals surface area (Å²) in [4.78, 5) is 10.7. The molecule has 0 spiro atoms. The van der Waals surface area contributed by atoms with Crippen molar-refractivity contribution in [1.82, 2.24) is 0 Å². The van der Waals surface area contributed by atoms with Crippen LogP contribution in [0.3, 0.4) is 0 Å². The SMILES string of the molecule is CCNc1c(COc2ccccc2C)cccc1[N+](=O)[O-]. The van der Waals surface area contributed by atoms with Crippen LogP contribution in [-0.2, 0) is 6.61 Å². The average molecular weight is 286 g/mol. The molecule has 21 heavy (non-hydrogen) atoms. The van der Waals surface area contributed by atoms with Crippen LogP contribution < -0.4 is 10.1 Å². The first-order valence-corrected chi connectivity index (χ1v) is 6.82. The van der Waals surface area contributed by atoms with Crippen LogP contribution in [-0.4, -0.2) is 11.5 Å². The smallest absolute Gasteiger partial charge is 0.292 e. The molecule has 0 aromatic heterocycles. The molecule has 0 fully saturated rings. The zero-order valence-corrected chi connectivity index (χ0v) is 12.1. The van der Waals surface area contributed by atoms with Gasteiger partial charge in [-0.05, 0) is 25.5 Å². The highest BCUT2D eigenvalue weighted by molar-refractivity contribution is 5.66.